The lowest BCUT2D eigenvalue weighted by molar-refractivity contribution is 0.0157. The third kappa shape index (κ3) is 5.41. The van der Waals surface area contributed by atoms with Crippen LogP contribution in [0, 0.1) is 0 Å². The van der Waals surface area contributed by atoms with Crippen LogP contribution < -0.4 is 15.4 Å². The first-order valence-electron chi connectivity index (χ1n) is 7.59. The molecule has 1 aliphatic heterocycles. The highest BCUT2D eigenvalue weighted by Crippen LogP contribution is 2.18. The lowest BCUT2D eigenvalue weighted by Crippen LogP contribution is -2.43. The molecule has 0 aliphatic carbocycles. The van der Waals surface area contributed by atoms with Crippen LogP contribution in [0.4, 0.5) is 10.5 Å². The van der Waals surface area contributed by atoms with Gasteiger partial charge >= 0.3 is 6.03 Å². The first-order valence-corrected chi connectivity index (χ1v) is 7.59. The highest BCUT2D eigenvalue weighted by Gasteiger charge is 2.20. The molecule has 1 heterocycles. The van der Waals surface area contributed by atoms with E-state index in [1.54, 1.807) is 6.07 Å². The number of urea groups is 1. The first-order chi connectivity index (χ1) is 10.5. The Labute approximate surface area is 131 Å². The summed E-state index contributed by atoms with van der Waals surface area (Å²) in [6.45, 7) is 8.88. The molecular weight excluding hydrogens is 280 g/mol. The van der Waals surface area contributed by atoms with Crippen molar-refractivity contribution < 1.29 is 14.3 Å². The van der Waals surface area contributed by atoms with Gasteiger partial charge < -0.3 is 20.1 Å². The normalized spacial score (nSPS) is 21.0. The van der Waals surface area contributed by atoms with Crippen LogP contribution in [0.2, 0.25) is 0 Å². The molecule has 2 N–H and O–H groups in total. The number of amides is 2. The number of anilines is 1. The summed E-state index contributed by atoms with van der Waals surface area (Å²) in [5.41, 5.74) is 1.65. The number of nitrogens with one attached hydrogen (secondary N) is 2. The van der Waals surface area contributed by atoms with Gasteiger partial charge in [0.2, 0.25) is 0 Å². The molecule has 2 rings (SSSR count). The van der Waals surface area contributed by atoms with Crippen LogP contribution in [0.3, 0.4) is 0 Å². The fourth-order valence-electron chi connectivity index (χ4n) is 2.35. The molecular formula is C17H24N2O3. The van der Waals surface area contributed by atoms with Crippen molar-refractivity contribution in [2.45, 2.75) is 38.8 Å². The monoisotopic (exact) mass is 304 g/mol. The van der Waals surface area contributed by atoms with Crippen LogP contribution in [-0.4, -0.2) is 31.4 Å². The van der Waals surface area contributed by atoms with Crippen LogP contribution in [0.5, 0.6) is 5.75 Å². The Balaban J connectivity index is 1.85. The van der Waals surface area contributed by atoms with Gasteiger partial charge in [0.25, 0.3) is 0 Å². The first kappa shape index (κ1) is 16.4. The second-order valence-corrected chi connectivity index (χ2v) is 5.77. The minimum Gasteiger partial charge on any atom is -0.489 e. The van der Waals surface area contributed by atoms with Gasteiger partial charge in [0.1, 0.15) is 12.4 Å². The summed E-state index contributed by atoms with van der Waals surface area (Å²) in [6.07, 6.45) is 1.88. The van der Waals surface area contributed by atoms with Gasteiger partial charge in [0.05, 0.1) is 6.10 Å². The van der Waals surface area contributed by atoms with Crippen molar-refractivity contribution in [2.24, 2.45) is 0 Å². The zero-order chi connectivity index (χ0) is 15.9. The molecule has 5 nitrogen and oxygen atoms in total. The van der Waals surface area contributed by atoms with E-state index in [4.69, 9.17) is 9.47 Å². The molecule has 1 aromatic carbocycles. The van der Waals surface area contributed by atoms with E-state index in [0.29, 0.717) is 24.7 Å². The van der Waals surface area contributed by atoms with Crippen molar-refractivity contribution in [2.75, 3.05) is 18.5 Å². The van der Waals surface area contributed by atoms with Crippen molar-refractivity contribution in [3.05, 3.63) is 36.4 Å². The molecule has 1 aliphatic rings. The predicted octanol–water partition coefficient (Wildman–Crippen LogP) is 3.33. The summed E-state index contributed by atoms with van der Waals surface area (Å²) in [6, 6.07) is 7.30. The molecule has 0 bridgehead atoms. The summed E-state index contributed by atoms with van der Waals surface area (Å²) in [7, 11) is 0. The quantitative estimate of drug-likeness (QED) is 0.820. The highest BCUT2D eigenvalue weighted by molar-refractivity contribution is 5.89. The fourth-order valence-corrected chi connectivity index (χ4v) is 2.35. The van der Waals surface area contributed by atoms with Gasteiger partial charge in [-0.15, -0.1) is 0 Å². The van der Waals surface area contributed by atoms with E-state index in [0.717, 1.165) is 18.4 Å². The largest absolute Gasteiger partial charge is 0.489 e. The Kier molecular flexibility index (Phi) is 5.83. The van der Waals surface area contributed by atoms with Gasteiger partial charge in [-0.3, -0.25) is 0 Å². The molecule has 1 aromatic rings. The number of hydrogen-bond acceptors (Lipinski definition) is 3. The van der Waals surface area contributed by atoms with Crippen molar-refractivity contribution in [1.29, 1.82) is 0 Å². The Bertz CT molecular complexity index is 530. The molecule has 0 radical (unpaired) electrons. The van der Waals surface area contributed by atoms with E-state index in [-0.39, 0.29) is 18.2 Å². The Morgan fingerprint density at radius 2 is 2.32 bits per heavy atom. The summed E-state index contributed by atoms with van der Waals surface area (Å²) in [4.78, 5) is 12.0. The molecule has 0 aromatic heterocycles. The molecule has 1 fully saturated rings. The minimum atomic E-state index is -0.198. The van der Waals surface area contributed by atoms with E-state index >= 15 is 0 Å². The molecule has 0 spiro atoms. The summed E-state index contributed by atoms with van der Waals surface area (Å²) < 4.78 is 11.0. The van der Waals surface area contributed by atoms with Crippen molar-refractivity contribution in [1.82, 2.24) is 5.32 Å². The zero-order valence-corrected chi connectivity index (χ0v) is 13.2. The van der Waals surface area contributed by atoms with Crippen LogP contribution in [0.15, 0.2) is 36.4 Å². The van der Waals surface area contributed by atoms with E-state index in [2.05, 4.69) is 17.2 Å². The van der Waals surface area contributed by atoms with Crippen LogP contribution in [0.25, 0.3) is 0 Å². The fraction of sp³-hybridized carbons (Fsp3) is 0.471. The molecule has 0 saturated carbocycles. The lowest BCUT2D eigenvalue weighted by atomic mass is 10.0. The van der Waals surface area contributed by atoms with Gasteiger partial charge in [0.15, 0.2) is 0 Å². The maximum Gasteiger partial charge on any atom is 0.319 e. The highest BCUT2D eigenvalue weighted by atomic mass is 16.5. The predicted molar refractivity (Wildman–Crippen MR) is 87.3 cm³/mol. The van der Waals surface area contributed by atoms with Gasteiger partial charge in [-0.1, -0.05) is 12.6 Å². The summed E-state index contributed by atoms with van der Waals surface area (Å²) in [5.74, 6) is 0.709. The Morgan fingerprint density at radius 1 is 1.50 bits per heavy atom. The second kappa shape index (κ2) is 7.84. The number of ether oxygens (including phenoxy) is 2. The third-order valence-corrected chi connectivity index (χ3v) is 3.40. The van der Waals surface area contributed by atoms with Gasteiger partial charge in [-0.25, -0.2) is 4.79 Å². The van der Waals surface area contributed by atoms with Crippen molar-refractivity contribution in [3.63, 3.8) is 0 Å². The average molecular weight is 304 g/mol. The molecule has 22 heavy (non-hydrogen) atoms. The molecule has 0 unspecified atom stereocenters. The van der Waals surface area contributed by atoms with Gasteiger partial charge in [-0.2, -0.15) is 0 Å². The number of hydrogen-bond donors (Lipinski definition) is 2. The standard InChI is InChI=1S/C17H24N2O3/c1-12(2)11-22-16-6-4-5-14(10-16)18-17(20)19-15-7-8-21-13(3)9-15/h4-6,10,13,15H,1,7-9,11H2,2-3H3,(H2,18,19,20)/t13-,15+/m1/s1. The smallest absolute Gasteiger partial charge is 0.319 e. The van der Waals surface area contributed by atoms with Gasteiger partial charge in [-0.05, 0) is 44.4 Å². The molecule has 1 saturated heterocycles. The van der Waals surface area contributed by atoms with Crippen LogP contribution in [0.1, 0.15) is 26.7 Å². The minimum absolute atomic E-state index is 0.159. The summed E-state index contributed by atoms with van der Waals surface area (Å²) in [5, 5.41) is 5.82. The van der Waals surface area contributed by atoms with E-state index < -0.39 is 0 Å². The second-order valence-electron chi connectivity index (χ2n) is 5.77. The maximum absolute atomic E-state index is 12.0. The number of rotatable bonds is 5. The molecule has 2 atom stereocenters. The van der Waals surface area contributed by atoms with E-state index in [1.807, 2.05) is 32.0 Å². The van der Waals surface area contributed by atoms with Crippen LogP contribution in [-0.2, 0) is 4.74 Å². The molecule has 5 heteroatoms. The SMILES string of the molecule is C=C(C)COc1cccc(NC(=O)N[C@H]2CCO[C@H](C)C2)c1. The summed E-state index contributed by atoms with van der Waals surface area (Å²) >= 11 is 0. The van der Waals surface area contributed by atoms with Crippen molar-refractivity contribution in [3.8, 4) is 5.75 Å². The number of carbonyl (C=O) groups is 1. The molecule has 2 amide bonds. The maximum atomic E-state index is 12.0. The lowest BCUT2D eigenvalue weighted by Gasteiger charge is -2.27. The Morgan fingerprint density at radius 3 is 3.05 bits per heavy atom. The Hall–Kier alpha value is -2.01. The van der Waals surface area contributed by atoms with Crippen molar-refractivity contribution >= 4 is 11.7 Å². The van der Waals surface area contributed by atoms with Crippen LogP contribution >= 0.6 is 0 Å². The van der Waals surface area contributed by atoms with Gasteiger partial charge in [0, 0.05) is 24.4 Å². The number of carbonyl (C=O) groups excluding carboxylic acids is 1. The number of benzene rings is 1. The van der Waals surface area contributed by atoms with E-state index in [1.165, 1.54) is 0 Å². The van der Waals surface area contributed by atoms with E-state index in [9.17, 15) is 4.79 Å². The molecule has 120 valence electrons. The third-order valence-electron chi connectivity index (χ3n) is 3.40. The zero-order valence-electron chi connectivity index (χ0n) is 13.2. The average Bonchev–Trinajstić information content (AvgIpc) is 2.45. The topological polar surface area (TPSA) is 59.6 Å².